The molecule has 0 heterocycles. The van der Waals surface area contributed by atoms with Crippen molar-refractivity contribution in [1.29, 1.82) is 0 Å². The first-order valence-electron chi connectivity index (χ1n) is 16.6. The minimum Gasteiger partial charge on any atom is -0.492 e. The Kier molecular flexibility index (Phi) is 11.0. The molecule has 0 saturated heterocycles. The predicted octanol–water partition coefficient (Wildman–Crippen LogP) is 7.99. The number of para-hydroxylation sites is 1. The highest BCUT2D eigenvalue weighted by molar-refractivity contribution is 6.12. The van der Waals surface area contributed by atoms with Gasteiger partial charge in [0, 0.05) is 35.3 Å². The Bertz CT molecular complexity index is 2060. The van der Waals surface area contributed by atoms with Gasteiger partial charge >= 0.3 is 5.97 Å². The van der Waals surface area contributed by atoms with Gasteiger partial charge in [0.15, 0.2) is 5.78 Å². The number of carbonyl (C=O) groups is 3. The number of nitrogens with one attached hydrogen (secondary N) is 1. The molecule has 0 aliphatic heterocycles. The molecule has 0 aliphatic rings. The van der Waals surface area contributed by atoms with E-state index in [1.807, 2.05) is 121 Å². The maximum Gasteiger partial charge on any atom is 0.328 e. The second-order valence-electron chi connectivity index (χ2n) is 11.9. The van der Waals surface area contributed by atoms with Crippen LogP contribution in [0.5, 0.6) is 5.75 Å². The molecule has 7 nitrogen and oxygen atoms in total. The van der Waals surface area contributed by atoms with E-state index in [-0.39, 0.29) is 11.7 Å². The number of carbonyl (C=O) groups excluding carboxylic acids is 3. The topological polar surface area (TPSA) is 84.9 Å². The predicted molar refractivity (Wildman–Crippen MR) is 197 cm³/mol. The number of ether oxygens (including phenoxy) is 2. The largest absolute Gasteiger partial charge is 0.492 e. The summed E-state index contributed by atoms with van der Waals surface area (Å²) in [5, 5.41) is 5.35. The zero-order valence-electron chi connectivity index (χ0n) is 27.8. The number of hydrogen-bond acceptors (Lipinski definition) is 6. The van der Waals surface area contributed by atoms with Crippen molar-refractivity contribution >= 4 is 34.1 Å². The van der Waals surface area contributed by atoms with Gasteiger partial charge in [0.05, 0.1) is 13.7 Å². The highest BCUT2D eigenvalue weighted by atomic mass is 16.5. The maximum absolute atomic E-state index is 13.7. The summed E-state index contributed by atoms with van der Waals surface area (Å²) in [6, 6.07) is 46.7. The Morgan fingerprint density at radius 1 is 0.660 bits per heavy atom. The van der Waals surface area contributed by atoms with Crippen molar-refractivity contribution in [3.8, 4) is 5.75 Å². The Morgan fingerprint density at radius 2 is 1.32 bits per heavy atom. The molecule has 7 heteroatoms. The Hall–Kier alpha value is -6.21. The lowest BCUT2D eigenvalue weighted by atomic mass is 10.00. The number of esters is 1. The number of rotatable bonds is 14. The van der Waals surface area contributed by atoms with Gasteiger partial charge in [-0.25, -0.2) is 4.79 Å². The van der Waals surface area contributed by atoms with Crippen molar-refractivity contribution < 1.29 is 23.9 Å². The molecule has 0 radical (unpaired) electrons. The lowest BCUT2D eigenvalue weighted by Gasteiger charge is -2.23. The van der Waals surface area contributed by atoms with Gasteiger partial charge in [0.25, 0.3) is 5.91 Å². The number of benzene rings is 6. The number of nitrogens with zero attached hydrogens (tertiary/aromatic N) is 1. The maximum atomic E-state index is 13.7. The molecule has 6 aromatic carbocycles. The van der Waals surface area contributed by atoms with E-state index >= 15 is 0 Å². The van der Waals surface area contributed by atoms with Gasteiger partial charge in [-0.2, -0.15) is 0 Å². The third-order valence-corrected chi connectivity index (χ3v) is 8.52. The lowest BCUT2D eigenvalue weighted by molar-refractivity contribution is -0.141. The first kappa shape index (κ1) is 33.7. The van der Waals surface area contributed by atoms with Crippen molar-refractivity contribution in [2.24, 2.45) is 0 Å². The molecule has 1 amide bonds. The summed E-state index contributed by atoms with van der Waals surface area (Å²) in [4.78, 5) is 41.7. The van der Waals surface area contributed by atoms with Crippen LogP contribution in [0, 0.1) is 0 Å². The van der Waals surface area contributed by atoms with Crippen LogP contribution in [0.4, 0.5) is 5.69 Å². The number of ketones is 1. The van der Waals surface area contributed by atoms with E-state index in [2.05, 4.69) is 5.32 Å². The molecule has 0 aromatic heterocycles. The van der Waals surface area contributed by atoms with Crippen LogP contribution in [0.2, 0.25) is 0 Å². The van der Waals surface area contributed by atoms with Gasteiger partial charge in [0.2, 0.25) is 0 Å². The van der Waals surface area contributed by atoms with E-state index < -0.39 is 12.0 Å². The summed E-state index contributed by atoms with van der Waals surface area (Å²) in [7, 11) is 1.35. The van der Waals surface area contributed by atoms with Crippen LogP contribution in [0.3, 0.4) is 0 Å². The van der Waals surface area contributed by atoms with Crippen LogP contribution in [-0.4, -0.2) is 48.9 Å². The average Bonchev–Trinajstić information content (AvgIpc) is 3.17. The third-order valence-electron chi connectivity index (χ3n) is 8.52. The second-order valence-corrected chi connectivity index (χ2v) is 11.9. The van der Waals surface area contributed by atoms with E-state index in [4.69, 9.17) is 9.47 Å². The molecular weight excluding hydrogens is 624 g/mol. The monoisotopic (exact) mass is 662 g/mol. The van der Waals surface area contributed by atoms with Crippen LogP contribution in [0.25, 0.3) is 10.8 Å². The summed E-state index contributed by atoms with van der Waals surface area (Å²) in [6.45, 7) is 1.14. The fourth-order valence-electron chi connectivity index (χ4n) is 5.87. The highest BCUT2D eigenvalue weighted by Crippen LogP contribution is 2.23. The first-order valence-corrected chi connectivity index (χ1v) is 16.6. The van der Waals surface area contributed by atoms with Gasteiger partial charge in [-0.05, 0) is 58.3 Å². The molecule has 0 bridgehead atoms. The van der Waals surface area contributed by atoms with Gasteiger partial charge in [0.1, 0.15) is 18.4 Å². The van der Waals surface area contributed by atoms with Crippen LogP contribution in [0.1, 0.15) is 37.4 Å². The van der Waals surface area contributed by atoms with Crippen LogP contribution >= 0.6 is 0 Å². The molecule has 0 saturated carbocycles. The minimum atomic E-state index is -0.732. The Balaban J connectivity index is 1.11. The van der Waals surface area contributed by atoms with Crippen molar-refractivity contribution in [3.63, 3.8) is 0 Å². The number of anilines is 1. The SMILES string of the molecule is COC(=O)[C@H](Cc1ccc(OCCN(Cc2ccccc2)C(=O)c2ccc3ccccc3c2)cc1)Nc1ccccc1C(=O)c1ccccc1. The van der Waals surface area contributed by atoms with Gasteiger partial charge in [-0.1, -0.05) is 115 Å². The van der Waals surface area contributed by atoms with Crippen molar-refractivity contribution in [3.05, 3.63) is 179 Å². The van der Waals surface area contributed by atoms with E-state index in [1.54, 1.807) is 35.2 Å². The molecule has 250 valence electrons. The molecule has 6 aromatic rings. The lowest BCUT2D eigenvalue weighted by Crippen LogP contribution is -2.34. The average molecular weight is 663 g/mol. The number of methoxy groups -OCH3 is 1. The standard InChI is InChI=1S/C43H38N2O5/c1-49-43(48)40(44-39-19-11-10-18-38(39)41(46)34-15-6-3-7-16-34)28-31-20-24-37(25-21-31)50-27-26-45(30-32-12-4-2-5-13-32)42(47)36-23-22-33-14-8-9-17-35(33)29-36/h2-25,29,40,44H,26-28,30H2,1H3/t40-/m0/s1. The zero-order chi connectivity index (χ0) is 34.7. The van der Waals surface area contributed by atoms with Gasteiger partial charge in [-0.15, -0.1) is 0 Å². The fraction of sp³-hybridized carbons (Fsp3) is 0.140. The van der Waals surface area contributed by atoms with E-state index in [0.29, 0.717) is 54.2 Å². The molecule has 1 N–H and O–H groups in total. The van der Waals surface area contributed by atoms with E-state index in [1.165, 1.54) is 7.11 Å². The molecule has 0 unspecified atom stereocenters. The molecule has 0 fully saturated rings. The molecular formula is C43H38N2O5. The highest BCUT2D eigenvalue weighted by Gasteiger charge is 2.23. The third kappa shape index (κ3) is 8.44. The summed E-state index contributed by atoms with van der Waals surface area (Å²) < 4.78 is 11.2. The first-order chi connectivity index (χ1) is 24.5. The molecule has 0 aliphatic carbocycles. The molecule has 1 atom stereocenters. The number of amides is 1. The van der Waals surface area contributed by atoms with Crippen molar-refractivity contribution in [1.82, 2.24) is 4.90 Å². The summed E-state index contributed by atoms with van der Waals surface area (Å²) in [6.07, 6.45) is 0.325. The summed E-state index contributed by atoms with van der Waals surface area (Å²) in [5.74, 6) is 0.00175. The zero-order valence-corrected chi connectivity index (χ0v) is 27.8. The minimum absolute atomic E-state index is 0.0630. The molecule has 50 heavy (non-hydrogen) atoms. The Labute approximate surface area is 292 Å². The second kappa shape index (κ2) is 16.3. The molecule has 0 spiro atoms. The summed E-state index contributed by atoms with van der Waals surface area (Å²) in [5.41, 5.74) is 4.13. The van der Waals surface area contributed by atoms with Crippen LogP contribution in [-0.2, 0) is 22.5 Å². The van der Waals surface area contributed by atoms with Crippen molar-refractivity contribution in [2.75, 3.05) is 25.6 Å². The number of fused-ring (bicyclic) bond motifs is 1. The smallest absolute Gasteiger partial charge is 0.328 e. The fourth-order valence-corrected chi connectivity index (χ4v) is 5.87. The van der Waals surface area contributed by atoms with E-state index in [0.717, 1.165) is 21.9 Å². The Morgan fingerprint density at radius 3 is 2.06 bits per heavy atom. The summed E-state index contributed by atoms with van der Waals surface area (Å²) >= 11 is 0. The normalized spacial score (nSPS) is 11.4. The van der Waals surface area contributed by atoms with Gasteiger partial charge < -0.3 is 19.7 Å². The van der Waals surface area contributed by atoms with E-state index in [9.17, 15) is 14.4 Å². The number of hydrogen-bond donors (Lipinski definition) is 1. The van der Waals surface area contributed by atoms with Crippen molar-refractivity contribution in [2.45, 2.75) is 19.0 Å². The van der Waals surface area contributed by atoms with Crippen LogP contribution in [0.15, 0.2) is 152 Å². The van der Waals surface area contributed by atoms with Gasteiger partial charge in [-0.3, -0.25) is 9.59 Å². The quantitative estimate of drug-likeness (QED) is 0.0941. The molecule has 6 rings (SSSR count). The van der Waals surface area contributed by atoms with Crippen LogP contribution < -0.4 is 10.1 Å².